The van der Waals surface area contributed by atoms with Gasteiger partial charge in [0.2, 0.25) is 0 Å². The number of carbonyl (C=O) groups is 1. The highest BCUT2D eigenvalue weighted by Crippen LogP contribution is 2.36. The molecule has 0 aliphatic carbocycles. The van der Waals surface area contributed by atoms with Gasteiger partial charge in [-0.15, -0.1) is 0 Å². The summed E-state index contributed by atoms with van der Waals surface area (Å²) in [4.78, 5) is 14.6. The van der Waals surface area contributed by atoms with Gasteiger partial charge in [-0.1, -0.05) is 36.4 Å². The summed E-state index contributed by atoms with van der Waals surface area (Å²) in [5, 5.41) is 19.5. The van der Waals surface area contributed by atoms with Crippen LogP contribution >= 0.6 is 0 Å². The van der Waals surface area contributed by atoms with Crippen molar-refractivity contribution in [3.05, 3.63) is 59.7 Å². The Kier molecular flexibility index (Phi) is 5.24. The number of hydrogen-bond acceptors (Lipinski definition) is 4. The molecule has 5 nitrogen and oxygen atoms in total. The standard InChI is InChI=1S/C20H23NO4/c1-25-19(15-5-3-2-4-6-15)20(24)21-11-9-14(10-12-21)17-8-7-16(22)13-18(17)23/h2-8,13-14,19,22-23H,9-12H2,1H3/t19-/m0/s1. The van der Waals surface area contributed by atoms with Crippen LogP contribution < -0.4 is 0 Å². The minimum atomic E-state index is -0.583. The molecule has 3 rings (SSSR count). The van der Waals surface area contributed by atoms with E-state index < -0.39 is 6.10 Å². The summed E-state index contributed by atoms with van der Waals surface area (Å²) in [6.45, 7) is 1.24. The lowest BCUT2D eigenvalue weighted by Gasteiger charge is -2.34. The Morgan fingerprint density at radius 3 is 2.40 bits per heavy atom. The fourth-order valence-electron chi connectivity index (χ4n) is 3.46. The van der Waals surface area contributed by atoms with Crippen molar-refractivity contribution in [2.45, 2.75) is 24.9 Å². The van der Waals surface area contributed by atoms with Crippen molar-refractivity contribution in [2.24, 2.45) is 0 Å². The van der Waals surface area contributed by atoms with Crippen molar-refractivity contribution < 1.29 is 19.7 Å². The smallest absolute Gasteiger partial charge is 0.256 e. The second kappa shape index (κ2) is 7.57. The van der Waals surface area contributed by atoms with Gasteiger partial charge in [-0.2, -0.15) is 0 Å². The van der Waals surface area contributed by atoms with Gasteiger partial charge in [0.15, 0.2) is 6.10 Å². The molecule has 0 bridgehead atoms. The largest absolute Gasteiger partial charge is 0.508 e. The van der Waals surface area contributed by atoms with Crippen LogP contribution in [0.5, 0.6) is 11.5 Å². The van der Waals surface area contributed by atoms with Gasteiger partial charge in [-0.25, -0.2) is 0 Å². The third-order valence-corrected chi connectivity index (χ3v) is 4.82. The lowest BCUT2D eigenvalue weighted by atomic mass is 9.88. The SMILES string of the molecule is CO[C@H](C(=O)N1CCC(c2ccc(O)cc2O)CC1)c1ccccc1. The molecule has 1 saturated heterocycles. The maximum absolute atomic E-state index is 12.8. The number of benzene rings is 2. The van der Waals surface area contributed by atoms with Crippen molar-refractivity contribution in [3.63, 3.8) is 0 Å². The molecule has 2 aromatic rings. The zero-order chi connectivity index (χ0) is 17.8. The van der Waals surface area contributed by atoms with Gasteiger partial charge in [0.1, 0.15) is 11.5 Å². The summed E-state index contributed by atoms with van der Waals surface area (Å²) in [7, 11) is 1.55. The second-order valence-electron chi connectivity index (χ2n) is 6.37. The Morgan fingerprint density at radius 1 is 1.12 bits per heavy atom. The van der Waals surface area contributed by atoms with Crippen molar-refractivity contribution in [3.8, 4) is 11.5 Å². The van der Waals surface area contributed by atoms with E-state index in [2.05, 4.69) is 0 Å². The van der Waals surface area contributed by atoms with Crippen LogP contribution in [0.1, 0.15) is 36.0 Å². The zero-order valence-corrected chi connectivity index (χ0v) is 14.3. The number of ether oxygens (including phenoxy) is 1. The third-order valence-electron chi connectivity index (χ3n) is 4.82. The number of phenols is 2. The molecule has 0 radical (unpaired) electrons. The normalized spacial score (nSPS) is 16.6. The monoisotopic (exact) mass is 341 g/mol. The Balaban J connectivity index is 1.66. The Morgan fingerprint density at radius 2 is 1.80 bits per heavy atom. The van der Waals surface area contributed by atoms with E-state index in [-0.39, 0.29) is 23.3 Å². The van der Waals surface area contributed by atoms with E-state index in [4.69, 9.17) is 4.74 Å². The second-order valence-corrected chi connectivity index (χ2v) is 6.37. The van der Waals surface area contributed by atoms with Gasteiger partial charge >= 0.3 is 0 Å². The number of hydrogen-bond donors (Lipinski definition) is 2. The van der Waals surface area contributed by atoms with E-state index >= 15 is 0 Å². The maximum atomic E-state index is 12.8. The maximum Gasteiger partial charge on any atom is 0.256 e. The van der Waals surface area contributed by atoms with Gasteiger partial charge in [0, 0.05) is 26.3 Å². The van der Waals surface area contributed by atoms with E-state index in [1.54, 1.807) is 19.2 Å². The molecular weight excluding hydrogens is 318 g/mol. The van der Waals surface area contributed by atoms with Crippen molar-refractivity contribution >= 4 is 5.91 Å². The summed E-state index contributed by atoms with van der Waals surface area (Å²) in [5.74, 6) is 0.327. The molecule has 0 spiro atoms. The molecule has 1 amide bonds. The molecule has 2 aromatic carbocycles. The number of aromatic hydroxyl groups is 2. The molecule has 1 fully saturated rings. The first kappa shape index (κ1) is 17.3. The molecule has 1 atom stereocenters. The summed E-state index contributed by atoms with van der Waals surface area (Å²) < 4.78 is 5.44. The first-order valence-corrected chi connectivity index (χ1v) is 8.48. The molecular formula is C20H23NO4. The highest BCUT2D eigenvalue weighted by atomic mass is 16.5. The van der Waals surface area contributed by atoms with Crippen molar-refractivity contribution in [1.29, 1.82) is 0 Å². The Labute approximate surface area is 147 Å². The molecule has 0 aromatic heterocycles. The molecule has 132 valence electrons. The zero-order valence-electron chi connectivity index (χ0n) is 14.3. The lowest BCUT2D eigenvalue weighted by molar-refractivity contribution is -0.143. The fraction of sp³-hybridized carbons (Fsp3) is 0.350. The van der Waals surface area contributed by atoms with Crippen LogP contribution in [-0.4, -0.2) is 41.2 Å². The number of methoxy groups -OCH3 is 1. The number of nitrogens with zero attached hydrogens (tertiary/aromatic N) is 1. The van der Waals surface area contributed by atoms with E-state index in [9.17, 15) is 15.0 Å². The van der Waals surface area contributed by atoms with E-state index in [0.29, 0.717) is 13.1 Å². The predicted octanol–water partition coefficient (Wildman–Crippen LogP) is 3.19. The number of piperidine rings is 1. The number of likely N-dealkylation sites (tertiary alicyclic amines) is 1. The van der Waals surface area contributed by atoms with Crippen molar-refractivity contribution in [1.82, 2.24) is 4.90 Å². The minimum Gasteiger partial charge on any atom is -0.508 e. The fourth-order valence-corrected chi connectivity index (χ4v) is 3.46. The first-order valence-electron chi connectivity index (χ1n) is 8.48. The first-order chi connectivity index (χ1) is 12.1. The molecule has 1 heterocycles. The summed E-state index contributed by atoms with van der Waals surface area (Å²) >= 11 is 0. The van der Waals surface area contributed by atoms with Gasteiger partial charge in [0.05, 0.1) is 0 Å². The van der Waals surface area contributed by atoms with Gasteiger partial charge in [-0.3, -0.25) is 4.79 Å². The van der Waals surface area contributed by atoms with Crippen LogP contribution in [0.3, 0.4) is 0 Å². The van der Waals surface area contributed by atoms with Crippen LogP contribution in [-0.2, 0) is 9.53 Å². The van der Waals surface area contributed by atoms with E-state index in [1.165, 1.54) is 6.07 Å². The molecule has 0 unspecified atom stereocenters. The average Bonchev–Trinajstić information content (AvgIpc) is 2.63. The van der Waals surface area contributed by atoms with E-state index in [1.807, 2.05) is 35.2 Å². The number of carbonyl (C=O) groups excluding carboxylic acids is 1. The minimum absolute atomic E-state index is 0.0259. The van der Waals surface area contributed by atoms with Crippen LogP contribution in [0.4, 0.5) is 0 Å². The van der Waals surface area contributed by atoms with Gasteiger partial charge in [0.25, 0.3) is 5.91 Å². The molecule has 25 heavy (non-hydrogen) atoms. The van der Waals surface area contributed by atoms with Gasteiger partial charge in [-0.05, 0) is 36.0 Å². The van der Waals surface area contributed by atoms with Crippen molar-refractivity contribution in [2.75, 3.05) is 20.2 Å². The summed E-state index contributed by atoms with van der Waals surface area (Å²) in [6, 6.07) is 14.2. The summed E-state index contributed by atoms with van der Waals surface area (Å²) in [5.41, 5.74) is 1.68. The van der Waals surface area contributed by atoms with Crippen LogP contribution in [0.25, 0.3) is 0 Å². The Bertz CT molecular complexity index is 724. The van der Waals surface area contributed by atoms with E-state index in [0.717, 1.165) is 24.0 Å². The number of amides is 1. The quantitative estimate of drug-likeness (QED) is 0.896. The molecule has 1 aliphatic heterocycles. The molecule has 0 saturated carbocycles. The van der Waals surface area contributed by atoms with Gasteiger partial charge < -0.3 is 19.8 Å². The van der Waals surface area contributed by atoms with Crippen LogP contribution in [0.2, 0.25) is 0 Å². The Hall–Kier alpha value is -2.53. The van der Waals surface area contributed by atoms with Crippen LogP contribution in [0, 0.1) is 0 Å². The molecule has 5 heteroatoms. The predicted molar refractivity (Wildman–Crippen MR) is 94.5 cm³/mol. The molecule has 2 N–H and O–H groups in total. The van der Waals surface area contributed by atoms with Crippen LogP contribution in [0.15, 0.2) is 48.5 Å². The molecule has 1 aliphatic rings. The highest BCUT2D eigenvalue weighted by Gasteiger charge is 2.30. The number of phenolic OH excluding ortho intramolecular Hbond substituents is 2. The number of rotatable bonds is 4. The third kappa shape index (κ3) is 3.77. The lowest BCUT2D eigenvalue weighted by Crippen LogP contribution is -2.41. The average molecular weight is 341 g/mol. The summed E-state index contributed by atoms with van der Waals surface area (Å²) in [6.07, 6.45) is 0.963. The topological polar surface area (TPSA) is 70.0 Å². The highest BCUT2D eigenvalue weighted by molar-refractivity contribution is 5.82.